The van der Waals surface area contributed by atoms with Crippen molar-refractivity contribution in [2.75, 3.05) is 26.2 Å². The van der Waals surface area contributed by atoms with Crippen LogP contribution in [0.4, 0.5) is 13.6 Å². The fourth-order valence-corrected chi connectivity index (χ4v) is 4.89. The van der Waals surface area contributed by atoms with E-state index in [1.54, 1.807) is 6.08 Å². The van der Waals surface area contributed by atoms with Crippen molar-refractivity contribution < 1.29 is 33.2 Å². The SMILES string of the molecule is CC(C)(C=C(C#N)C(=O)N1CCCC[C@@H]1COC(=O)NC(Cc1ccc(F)cc1)B(O)O)N1CC[C@@H](F)C1. The number of carbonyl (C=O) groups is 2. The van der Waals surface area contributed by atoms with Crippen LogP contribution in [0.2, 0.25) is 0 Å². The highest BCUT2D eigenvalue weighted by Crippen LogP contribution is 2.27. The zero-order valence-corrected chi connectivity index (χ0v) is 21.8. The molecule has 1 unspecified atom stereocenters. The number of alkyl carbamates (subject to hydrolysis) is 1. The average Bonchev–Trinajstić information content (AvgIpc) is 3.34. The van der Waals surface area contributed by atoms with E-state index in [1.165, 1.54) is 29.2 Å². The van der Waals surface area contributed by atoms with Gasteiger partial charge in [-0.15, -0.1) is 0 Å². The monoisotopic (exact) mass is 532 g/mol. The molecule has 9 nitrogen and oxygen atoms in total. The molecule has 0 aromatic heterocycles. The van der Waals surface area contributed by atoms with Crippen LogP contribution in [0.5, 0.6) is 0 Å². The second-order valence-corrected chi connectivity index (χ2v) is 10.4. The molecule has 1 aromatic rings. The van der Waals surface area contributed by atoms with E-state index in [2.05, 4.69) is 5.32 Å². The molecule has 2 saturated heterocycles. The van der Waals surface area contributed by atoms with E-state index >= 15 is 0 Å². The van der Waals surface area contributed by atoms with E-state index in [4.69, 9.17) is 4.74 Å². The topological polar surface area (TPSA) is 126 Å². The van der Waals surface area contributed by atoms with Gasteiger partial charge in [-0.3, -0.25) is 9.69 Å². The highest BCUT2D eigenvalue weighted by molar-refractivity contribution is 6.43. The largest absolute Gasteiger partial charge is 0.475 e. The standard InChI is InChI=1S/C26H35BF2N4O5/c1-26(2,32-12-10-21(29)16-32)14-19(15-30)24(34)33-11-4-3-5-22(33)17-38-25(35)31-23(27(36)37)13-18-6-8-20(28)9-7-18/h6-9,14,21-23,36-37H,3-5,10-13,16-17H2,1-2H3,(H,31,35)/t21-,22-,23?/m1/s1. The molecule has 3 atom stereocenters. The van der Waals surface area contributed by atoms with Crippen LogP contribution >= 0.6 is 0 Å². The number of piperidine rings is 1. The number of amides is 2. The number of hydrogen-bond donors (Lipinski definition) is 3. The van der Waals surface area contributed by atoms with Gasteiger partial charge < -0.3 is 25.0 Å². The van der Waals surface area contributed by atoms with Gasteiger partial charge >= 0.3 is 13.2 Å². The Hall–Kier alpha value is -3.01. The molecule has 12 heteroatoms. The molecule has 0 saturated carbocycles. The molecular weight excluding hydrogens is 497 g/mol. The number of rotatable bonds is 9. The number of benzene rings is 1. The van der Waals surface area contributed by atoms with Crippen molar-refractivity contribution in [3.8, 4) is 6.07 Å². The number of nitrogens with zero attached hydrogens (tertiary/aromatic N) is 3. The molecule has 2 fully saturated rings. The van der Waals surface area contributed by atoms with Crippen LogP contribution in [0.1, 0.15) is 45.1 Å². The predicted octanol–water partition coefficient (Wildman–Crippen LogP) is 2.13. The Bertz CT molecular complexity index is 1050. The lowest BCUT2D eigenvalue weighted by Gasteiger charge is -2.36. The highest BCUT2D eigenvalue weighted by Gasteiger charge is 2.35. The molecule has 2 aliphatic rings. The zero-order chi connectivity index (χ0) is 27.9. The van der Waals surface area contributed by atoms with Crippen molar-refractivity contribution in [2.24, 2.45) is 0 Å². The molecule has 1 aromatic carbocycles. The lowest BCUT2D eigenvalue weighted by atomic mass is 9.76. The summed E-state index contributed by atoms with van der Waals surface area (Å²) in [5.74, 6) is -2.00. The summed E-state index contributed by atoms with van der Waals surface area (Å²) in [6.07, 6.45) is 2.32. The van der Waals surface area contributed by atoms with Gasteiger partial charge in [-0.05, 0) is 69.7 Å². The van der Waals surface area contributed by atoms with Gasteiger partial charge in [0.05, 0.1) is 12.0 Å². The number of halogens is 2. The maximum absolute atomic E-state index is 13.7. The first-order valence-corrected chi connectivity index (χ1v) is 12.9. The fourth-order valence-electron chi connectivity index (χ4n) is 4.89. The van der Waals surface area contributed by atoms with Crippen molar-refractivity contribution in [1.29, 1.82) is 5.26 Å². The minimum Gasteiger partial charge on any atom is -0.447 e. The summed E-state index contributed by atoms with van der Waals surface area (Å²) < 4.78 is 32.2. The molecule has 0 radical (unpaired) electrons. The van der Waals surface area contributed by atoms with Gasteiger partial charge in [0.15, 0.2) is 0 Å². The lowest BCUT2D eigenvalue weighted by molar-refractivity contribution is -0.131. The molecule has 3 N–H and O–H groups in total. The molecule has 0 spiro atoms. The number of nitrogens with one attached hydrogen (secondary N) is 1. The fraction of sp³-hybridized carbons (Fsp3) is 0.577. The normalized spacial score (nSPS) is 21.5. The quantitative estimate of drug-likeness (QED) is 0.253. The van der Waals surface area contributed by atoms with Crippen LogP contribution in [0, 0.1) is 17.1 Å². The first-order chi connectivity index (χ1) is 18.0. The molecule has 2 aliphatic heterocycles. The first-order valence-electron chi connectivity index (χ1n) is 12.9. The summed E-state index contributed by atoms with van der Waals surface area (Å²) in [5, 5.41) is 31.5. The summed E-state index contributed by atoms with van der Waals surface area (Å²) in [6, 6.07) is 6.95. The Morgan fingerprint density at radius 2 is 1.97 bits per heavy atom. The van der Waals surface area contributed by atoms with Gasteiger partial charge in [0.25, 0.3) is 5.91 Å². The number of carbonyl (C=O) groups excluding carboxylic acids is 2. The minimum absolute atomic E-state index is 0.0351. The van der Waals surface area contributed by atoms with Gasteiger partial charge in [0.1, 0.15) is 30.2 Å². The molecule has 0 bridgehead atoms. The number of alkyl halides is 1. The summed E-state index contributed by atoms with van der Waals surface area (Å²) in [4.78, 5) is 29.2. The van der Waals surface area contributed by atoms with Crippen LogP contribution in [-0.4, -0.2) is 88.9 Å². The van der Waals surface area contributed by atoms with Crippen molar-refractivity contribution in [3.05, 3.63) is 47.3 Å². The Balaban J connectivity index is 1.61. The lowest BCUT2D eigenvalue weighted by Crippen LogP contribution is -2.50. The first kappa shape index (κ1) is 29.5. The minimum atomic E-state index is -1.88. The van der Waals surface area contributed by atoms with E-state index in [-0.39, 0.29) is 25.1 Å². The number of ether oxygens (including phenoxy) is 1. The third kappa shape index (κ3) is 8.00. The van der Waals surface area contributed by atoms with Crippen molar-refractivity contribution >= 4 is 19.1 Å². The second kappa shape index (κ2) is 13.2. The number of nitriles is 1. The summed E-state index contributed by atoms with van der Waals surface area (Å²) in [6.45, 7) is 4.73. The van der Waals surface area contributed by atoms with Crippen LogP contribution in [0.15, 0.2) is 35.9 Å². The summed E-state index contributed by atoms with van der Waals surface area (Å²) in [5.41, 5.74) is -0.145. The van der Waals surface area contributed by atoms with Crippen LogP contribution in [0.25, 0.3) is 0 Å². The molecule has 3 rings (SSSR count). The Morgan fingerprint density at radius 1 is 1.26 bits per heavy atom. The van der Waals surface area contributed by atoms with E-state index in [9.17, 15) is 33.7 Å². The van der Waals surface area contributed by atoms with E-state index < -0.39 is 48.6 Å². The summed E-state index contributed by atoms with van der Waals surface area (Å²) >= 11 is 0. The van der Waals surface area contributed by atoms with Gasteiger partial charge in [-0.25, -0.2) is 13.6 Å². The van der Waals surface area contributed by atoms with Gasteiger partial charge in [0.2, 0.25) is 0 Å². The molecule has 0 aliphatic carbocycles. The van der Waals surface area contributed by atoms with Crippen LogP contribution < -0.4 is 5.32 Å². The maximum atomic E-state index is 13.7. The van der Waals surface area contributed by atoms with E-state index in [1.807, 2.05) is 24.8 Å². The van der Waals surface area contributed by atoms with Gasteiger partial charge in [0, 0.05) is 25.2 Å². The smallest absolute Gasteiger partial charge is 0.447 e. The third-order valence-electron chi connectivity index (χ3n) is 7.12. The van der Waals surface area contributed by atoms with Crippen molar-refractivity contribution in [2.45, 2.75) is 69.6 Å². The van der Waals surface area contributed by atoms with E-state index in [0.717, 1.165) is 12.8 Å². The zero-order valence-electron chi connectivity index (χ0n) is 21.8. The number of hydrogen-bond acceptors (Lipinski definition) is 7. The molecule has 38 heavy (non-hydrogen) atoms. The van der Waals surface area contributed by atoms with Gasteiger partial charge in [-0.1, -0.05) is 12.1 Å². The molecular formula is C26H35BF2N4O5. The third-order valence-corrected chi connectivity index (χ3v) is 7.12. The Labute approximate surface area is 222 Å². The van der Waals surface area contributed by atoms with E-state index in [0.29, 0.717) is 31.5 Å². The molecule has 2 heterocycles. The molecule has 2 amide bonds. The highest BCUT2D eigenvalue weighted by atomic mass is 19.1. The maximum Gasteiger partial charge on any atom is 0.475 e. The number of likely N-dealkylation sites (tertiary alicyclic amines) is 2. The Morgan fingerprint density at radius 3 is 2.58 bits per heavy atom. The van der Waals surface area contributed by atoms with Crippen LogP contribution in [-0.2, 0) is 16.0 Å². The van der Waals surface area contributed by atoms with Crippen molar-refractivity contribution in [3.63, 3.8) is 0 Å². The predicted molar refractivity (Wildman–Crippen MR) is 137 cm³/mol. The van der Waals surface area contributed by atoms with Crippen LogP contribution in [0.3, 0.4) is 0 Å². The second-order valence-electron chi connectivity index (χ2n) is 10.4. The average molecular weight is 532 g/mol. The van der Waals surface area contributed by atoms with Crippen molar-refractivity contribution in [1.82, 2.24) is 15.1 Å². The van der Waals surface area contributed by atoms with Gasteiger partial charge in [-0.2, -0.15) is 5.26 Å². The summed E-state index contributed by atoms with van der Waals surface area (Å²) in [7, 11) is -1.88. The molecule has 206 valence electrons. The Kier molecular flexibility index (Phi) is 10.2.